The Morgan fingerprint density at radius 3 is 2.59 bits per heavy atom. The Balaban J connectivity index is 1.59. The van der Waals surface area contributed by atoms with Crippen molar-refractivity contribution in [2.75, 3.05) is 13.1 Å². The minimum Gasteiger partial charge on any atom is -0.391 e. The third kappa shape index (κ3) is 3.98. The maximum Gasteiger partial charge on any atom is 0.222 e. The molecule has 1 amide bonds. The van der Waals surface area contributed by atoms with Gasteiger partial charge < -0.3 is 10.0 Å². The van der Waals surface area contributed by atoms with Gasteiger partial charge in [-0.2, -0.15) is 0 Å². The summed E-state index contributed by atoms with van der Waals surface area (Å²) in [5.74, 6) is 1.12. The number of aliphatic hydroxyl groups is 1. The largest absolute Gasteiger partial charge is 0.391 e. The molecule has 3 nitrogen and oxygen atoms in total. The van der Waals surface area contributed by atoms with E-state index < -0.39 is 0 Å². The van der Waals surface area contributed by atoms with E-state index in [-0.39, 0.29) is 12.0 Å². The summed E-state index contributed by atoms with van der Waals surface area (Å²) in [7, 11) is 0. The van der Waals surface area contributed by atoms with Crippen molar-refractivity contribution in [2.45, 2.75) is 63.9 Å². The first-order valence-electron chi connectivity index (χ1n) is 7.21. The average Bonchev–Trinajstić information content (AvgIpc) is 2.77. The molecule has 1 aliphatic carbocycles. The molecule has 0 bridgehead atoms. The number of hydrogen-bond acceptors (Lipinski definition) is 2. The fourth-order valence-corrected chi connectivity index (χ4v) is 3.14. The molecule has 2 aliphatic rings. The fraction of sp³-hybridized carbons (Fsp3) is 0.929. The van der Waals surface area contributed by atoms with Crippen LogP contribution in [0.1, 0.15) is 57.8 Å². The summed E-state index contributed by atoms with van der Waals surface area (Å²) in [5.41, 5.74) is 0. The summed E-state index contributed by atoms with van der Waals surface area (Å²) >= 11 is 0. The van der Waals surface area contributed by atoms with Gasteiger partial charge in [0.15, 0.2) is 0 Å². The summed E-state index contributed by atoms with van der Waals surface area (Å²) in [6.07, 6.45) is 10.3. The van der Waals surface area contributed by atoms with E-state index in [9.17, 15) is 9.90 Å². The number of amides is 1. The molecule has 0 aromatic rings. The standard InChI is InChI=1S/C14H25NO2/c16-13-9-10-15(11-13)14(17)8-4-7-12-5-2-1-3-6-12/h12-13,16H,1-11H2. The summed E-state index contributed by atoms with van der Waals surface area (Å²) in [6, 6.07) is 0. The quantitative estimate of drug-likeness (QED) is 0.818. The Morgan fingerprint density at radius 2 is 1.94 bits per heavy atom. The first kappa shape index (κ1) is 12.9. The molecule has 98 valence electrons. The van der Waals surface area contributed by atoms with Crippen molar-refractivity contribution >= 4 is 5.91 Å². The molecule has 2 fully saturated rings. The fourth-order valence-electron chi connectivity index (χ4n) is 3.14. The van der Waals surface area contributed by atoms with Gasteiger partial charge in [0, 0.05) is 19.5 Å². The van der Waals surface area contributed by atoms with Gasteiger partial charge in [-0.15, -0.1) is 0 Å². The van der Waals surface area contributed by atoms with Crippen LogP contribution >= 0.6 is 0 Å². The van der Waals surface area contributed by atoms with Gasteiger partial charge in [0.25, 0.3) is 0 Å². The number of β-amino-alcohol motifs (C(OH)–C–C–N with tert-alkyl or cyclic N) is 1. The summed E-state index contributed by atoms with van der Waals surface area (Å²) in [6.45, 7) is 1.31. The van der Waals surface area contributed by atoms with Crippen LogP contribution < -0.4 is 0 Å². The van der Waals surface area contributed by atoms with Crippen LogP contribution in [0.3, 0.4) is 0 Å². The number of aliphatic hydroxyl groups excluding tert-OH is 1. The van der Waals surface area contributed by atoms with Crippen molar-refractivity contribution in [3.05, 3.63) is 0 Å². The van der Waals surface area contributed by atoms with Gasteiger partial charge in [-0.3, -0.25) is 4.79 Å². The summed E-state index contributed by atoms with van der Waals surface area (Å²) < 4.78 is 0. The van der Waals surface area contributed by atoms with E-state index in [2.05, 4.69) is 0 Å². The number of rotatable bonds is 4. The monoisotopic (exact) mass is 239 g/mol. The first-order valence-corrected chi connectivity index (χ1v) is 7.21. The van der Waals surface area contributed by atoms with Gasteiger partial charge in [-0.1, -0.05) is 32.1 Å². The Bertz CT molecular complexity index is 249. The van der Waals surface area contributed by atoms with Crippen molar-refractivity contribution in [3.8, 4) is 0 Å². The number of carbonyl (C=O) groups is 1. The molecular weight excluding hydrogens is 214 g/mol. The number of hydrogen-bond donors (Lipinski definition) is 1. The average molecular weight is 239 g/mol. The molecule has 0 radical (unpaired) electrons. The van der Waals surface area contributed by atoms with Crippen LogP contribution in [0.25, 0.3) is 0 Å². The molecule has 1 saturated heterocycles. The second-order valence-corrected chi connectivity index (χ2v) is 5.68. The van der Waals surface area contributed by atoms with Crippen LogP contribution in [-0.4, -0.2) is 35.1 Å². The molecule has 1 unspecified atom stereocenters. The van der Waals surface area contributed by atoms with Crippen molar-refractivity contribution in [3.63, 3.8) is 0 Å². The highest BCUT2D eigenvalue weighted by Gasteiger charge is 2.24. The molecule has 17 heavy (non-hydrogen) atoms. The SMILES string of the molecule is O=C(CCCC1CCCCC1)N1CCC(O)C1. The molecule has 2 rings (SSSR count). The van der Waals surface area contributed by atoms with Gasteiger partial charge in [0.2, 0.25) is 5.91 Å². The molecule has 1 aliphatic heterocycles. The predicted molar refractivity (Wildman–Crippen MR) is 67.6 cm³/mol. The lowest BCUT2D eigenvalue weighted by molar-refractivity contribution is -0.130. The third-order valence-electron chi connectivity index (χ3n) is 4.24. The minimum absolute atomic E-state index is 0.248. The van der Waals surface area contributed by atoms with Crippen LogP contribution in [0.15, 0.2) is 0 Å². The first-order chi connectivity index (χ1) is 8.25. The zero-order valence-corrected chi connectivity index (χ0v) is 10.7. The van der Waals surface area contributed by atoms with Crippen molar-refractivity contribution in [1.29, 1.82) is 0 Å². The summed E-state index contributed by atoms with van der Waals surface area (Å²) in [5, 5.41) is 9.38. The Morgan fingerprint density at radius 1 is 1.18 bits per heavy atom. The van der Waals surface area contributed by atoms with Gasteiger partial charge in [-0.25, -0.2) is 0 Å². The third-order valence-corrected chi connectivity index (χ3v) is 4.24. The smallest absolute Gasteiger partial charge is 0.222 e. The van der Waals surface area contributed by atoms with E-state index in [1.54, 1.807) is 0 Å². The summed E-state index contributed by atoms with van der Waals surface area (Å²) in [4.78, 5) is 13.7. The molecule has 0 spiro atoms. The Hall–Kier alpha value is -0.570. The molecular formula is C14H25NO2. The van der Waals surface area contributed by atoms with Crippen molar-refractivity contribution in [2.24, 2.45) is 5.92 Å². The van der Waals surface area contributed by atoms with Crippen LogP contribution in [0.4, 0.5) is 0 Å². The van der Waals surface area contributed by atoms with Crippen molar-refractivity contribution < 1.29 is 9.90 Å². The van der Waals surface area contributed by atoms with E-state index in [0.29, 0.717) is 13.0 Å². The highest BCUT2D eigenvalue weighted by atomic mass is 16.3. The molecule has 1 atom stereocenters. The Kier molecular flexibility index (Phi) is 4.84. The molecule has 0 aromatic heterocycles. The normalized spacial score (nSPS) is 26.4. The van der Waals surface area contributed by atoms with Crippen LogP contribution in [0, 0.1) is 5.92 Å². The number of carbonyl (C=O) groups excluding carboxylic acids is 1. The second-order valence-electron chi connectivity index (χ2n) is 5.68. The van der Waals surface area contributed by atoms with Gasteiger partial charge >= 0.3 is 0 Å². The van der Waals surface area contributed by atoms with Gasteiger partial charge in [-0.05, 0) is 25.2 Å². The van der Waals surface area contributed by atoms with Crippen LogP contribution in [0.5, 0.6) is 0 Å². The zero-order chi connectivity index (χ0) is 12.1. The van der Waals surface area contributed by atoms with E-state index >= 15 is 0 Å². The maximum atomic E-state index is 11.8. The molecule has 1 heterocycles. The highest BCUT2D eigenvalue weighted by molar-refractivity contribution is 5.76. The molecule has 1 saturated carbocycles. The molecule has 1 N–H and O–H groups in total. The van der Waals surface area contributed by atoms with E-state index in [4.69, 9.17) is 0 Å². The predicted octanol–water partition coefficient (Wildman–Crippen LogP) is 2.33. The highest BCUT2D eigenvalue weighted by Crippen LogP contribution is 2.27. The number of nitrogens with zero attached hydrogens (tertiary/aromatic N) is 1. The van der Waals surface area contributed by atoms with E-state index in [1.165, 1.54) is 38.5 Å². The van der Waals surface area contributed by atoms with Gasteiger partial charge in [0.1, 0.15) is 0 Å². The topological polar surface area (TPSA) is 40.5 Å². The molecule has 3 heteroatoms. The second kappa shape index (κ2) is 6.39. The lowest BCUT2D eigenvalue weighted by Gasteiger charge is -2.22. The van der Waals surface area contributed by atoms with E-state index in [1.807, 2.05) is 4.90 Å². The van der Waals surface area contributed by atoms with E-state index in [0.717, 1.165) is 25.3 Å². The molecule has 0 aromatic carbocycles. The number of likely N-dealkylation sites (tertiary alicyclic amines) is 1. The van der Waals surface area contributed by atoms with Gasteiger partial charge in [0.05, 0.1) is 6.10 Å². The lowest BCUT2D eigenvalue weighted by atomic mass is 9.86. The van der Waals surface area contributed by atoms with Crippen molar-refractivity contribution in [1.82, 2.24) is 4.90 Å². The Labute approximate surface area is 104 Å². The van der Waals surface area contributed by atoms with Crippen LogP contribution in [-0.2, 0) is 4.79 Å². The zero-order valence-electron chi connectivity index (χ0n) is 10.7. The lowest BCUT2D eigenvalue weighted by Crippen LogP contribution is -2.29. The minimum atomic E-state index is -0.280. The van der Waals surface area contributed by atoms with Crippen LogP contribution in [0.2, 0.25) is 0 Å². The maximum absolute atomic E-state index is 11.8.